The molecule has 112 valence electrons. The molecule has 0 aromatic carbocycles. The van der Waals surface area contributed by atoms with Gasteiger partial charge in [-0.1, -0.05) is 0 Å². The van der Waals surface area contributed by atoms with Crippen molar-refractivity contribution in [2.75, 3.05) is 29.9 Å². The maximum atomic E-state index is 4.77. The number of nitrogens with zero attached hydrogens (tertiary/aromatic N) is 6. The predicted octanol–water partition coefficient (Wildman–Crippen LogP) is 1.41. The molecule has 1 fully saturated rings. The minimum atomic E-state index is 0.237. The minimum absolute atomic E-state index is 0.237. The van der Waals surface area contributed by atoms with Gasteiger partial charge in [0, 0.05) is 38.4 Å². The Bertz CT molecular complexity index is 623. The molecule has 0 aliphatic carbocycles. The van der Waals surface area contributed by atoms with Crippen molar-refractivity contribution in [3.05, 3.63) is 18.0 Å². The Morgan fingerprint density at radius 1 is 1.24 bits per heavy atom. The lowest BCUT2D eigenvalue weighted by molar-refractivity contribution is 0.477. The normalized spacial score (nSPS) is 22.0. The molecule has 1 atom stereocenters. The third-order valence-electron chi connectivity index (χ3n) is 4.36. The molecule has 4 heterocycles. The summed E-state index contributed by atoms with van der Waals surface area (Å²) in [7, 11) is 1.95. The molecule has 0 amide bonds. The third kappa shape index (κ3) is 2.26. The van der Waals surface area contributed by atoms with Crippen LogP contribution in [-0.4, -0.2) is 44.2 Å². The summed E-state index contributed by atoms with van der Waals surface area (Å²) in [6.45, 7) is 3.07. The van der Waals surface area contributed by atoms with E-state index in [1.807, 2.05) is 22.6 Å². The van der Waals surface area contributed by atoms with E-state index in [9.17, 15) is 0 Å². The molecule has 7 nitrogen and oxygen atoms in total. The molecule has 2 aliphatic rings. The zero-order valence-electron chi connectivity index (χ0n) is 12.4. The lowest BCUT2D eigenvalue weighted by Crippen LogP contribution is -2.30. The van der Waals surface area contributed by atoms with Crippen LogP contribution < -0.4 is 10.2 Å². The van der Waals surface area contributed by atoms with Gasteiger partial charge in [0.05, 0.1) is 12.2 Å². The van der Waals surface area contributed by atoms with Gasteiger partial charge in [-0.05, 0) is 25.7 Å². The fraction of sp³-hybridized carbons (Fsp3) is 0.643. The third-order valence-corrected chi connectivity index (χ3v) is 4.36. The summed E-state index contributed by atoms with van der Waals surface area (Å²) in [4.78, 5) is 7.00. The van der Waals surface area contributed by atoms with E-state index >= 15 is 0 Å². The van der Waals surface area contributed by atoms with Gasteiger partial charge in [-0.25, -0.2) is 4.68 Å². The van der Waals surface area contributed by atoms with E-state index in [1.54, 1.807) is 0 Å². The highest BCUT2D eigenvalue weighted by atomic mass is 15.5. The van der Waals surface area contributed by atoms with Crippen LogP contribution in [0.25, 0.3) is 0 Å². The van der Waals surface area contributed by atoms with E-state index in [0.717, 1.165) is 38.0 Å². The fourth-order valence-corrected chi connectivity index (χ4v) is 3.24. The highest BCUT2D eigenvalue weighted by molar-refractivity contribution is 5.41. The second kappa shape index (κ2) is 5.05. The summed E-state index contributed by atoms with van der Waals surface area (Å²) in [5.41, 5.74) is 1.20. The Balaban J connectivity index is 1.66. The van der Waals surface area contributed by atoms with Crippen molar-refractivity contribution in [3.8, 4) is 0 Å². The Kier molecular flexibility index (Phi) is 3.05. The van der Waals surface area contributed by atoms with Crippen molar-refractivity contribution in [3.63, 3.8) is 0 Å². The number of nitrogens with one attached hydrogen (secondary N) is 1. The van der Waals surface area contributed by atoms with Crippen LogP contribution in [0.15, 0.2) is 12.4 Å². The molecule has 0 saturated carbocycles. The zero-order valence-corrected chi connectivity index (χ0v) is 12.4. The molecular weight excluding hydrogens is 266 g/mol. The van der Waals surface area contributed by atoms with Gasteiger partial charge in [-0.15, -0.1) is 5.10 Å². The van der Waals surface area contributed by atoms with Crippen LogP contribution in [0.3, 0.4) is 0 Å². The highest BCUT2D eigenvalue weighted by Crippen LogP contribution is 2.30. The van der Waals surface area contributed by atoms with E-state index in [0.29, 0.717) is 0 Å². The second-order valence-electron chi connectivity index (χ2n) is 5.91. The molecule has 0 bridgehead atoms. The van der Waals surface area contributed by atoms with Crippen LogP contribution in [0, 0.1) is 0 Å². The average molecular weight is 287 g/mol. The number of rotatable bonds is 2. The SMILES string of the molecule is Cn1cc(C2CCNc3nc(N4CCCCC4)nn32)cn1. The van der Waals surface area contributed by atoms with E-state index in [-0.39, 0.29) is 6.04 Å². The van der Waals surface area contributed by atoms with Crippen LogP contribution >= 0.6 is 0 Å². The van der Waals surface area contributed by atoms with Gasteiger partial charge in [-0.3, -0.25) is 4.68 Å². The van der Waals surface area contributed by atoms with Crippen LogP contribution in [0.5, 0.6) is 0 Å². The molecule has 0 radical (unpaired) electrons. The predicted molar refractivity (Wildman–Crippen MR) is 80.5 cm³/mol. The molecule has 2 aliphatic heterocycles. The molecule has 1 unspecified atom stereocenters. The smallest absolute Gasteiger partial charge is 0.246 e. The van der Waals surface area contributed by atoms with Crippen molar-refractivity contribution in [2.45, 2.75) is 31.7 Å². The molecule has 21 heavy (non-hydrogen) atoms. The zero-order chi connectivity index (χ0) is 14.2. The Labute approximate surface area is 124 Å². The van der Waals surface area contributed by atoms with Crippen molar-refractivity contribution in [1.82, 2.24) is 24.5 Å². The monoisotopic (exact) mass is 287 g/mol. The summed E-state index contributed by atoms with van der Waals surface area (Å²) in [6, 6.07) is 0.237. The van der Waals surface area contributed by atoms with Gasteiger partial charge >= 0.3 is 0 Å². The van der Waals surface area contributed by atoms with Crippen molar-refractivity contribution in [1.29, 1.82) is 0 Å². The molecule has 2 aromatic heterocycles. The maximum Gasteiger partial charge on any atom is 0.246 e. The first-order valence-electron chi connectivity index (χ1n) is 7.75. The van der Waals surface area contributed by atoms with Crippen LogP contribution in [0.1, 0.15) is 37.3 Å². The molecule has 2 aromatic rings. The molecule has 4 rings (SSSR count). The number of anilines is 2. The lowest BCUT2D eigenvalue weighted by atomic mass is 10.1. The molecule has 1 saturated heterocycles. The van der Waals surface area contributed by atoms with Crippen LogP contribution in [0.2, 0.25) is 0 Å². The van der Waals surface area contributed by atoms with E-state index in [2.05, 4.69) is 21.5 Å². The molecule has 1 N–H and O–H groups in total. The standard InChI is InChI=1S/C14H21N7/c1-19-10-11(9-16-19)12-5-6-15-13-17-14(18-21(12)13)20-7-3-2-4-8-20/h9-10,12H,2-8H2,1H3,(H,15,17,18). The Morgan fingerprint density at radius 3 is 2.86 bits per heavy atom. The minimum Gasteiger partial charge on any atom is -0.354 e. The average Bonchev–Trinajstić information content (AvgIpc) is 3.14. The van der Waals surface area contributed by atoms with E-state index in [1.165, 1.54) is 24.8 Å². The first-order valence-corrected chi connectivity index (χ1v) is 7.75. The number of aromatic nitrogens is 5. The summed E-state index contributed by atoms with van der Waals surface area (Å²) in [5, 5.41) is 12.4. The molecule has 7 heteroatoms. The second-order valence-corrected chi connectivity index (χ2v) is 5.91. The maximum absolute atomic E-state index is 4.77. The van der Waals surface area contributed by atoms with Gasteiger partial charge in [0.2, 0.25) is 11.9 Å². The number of fused-ring (bicyclic) bond motifs is 1. The Hall–Kier alpha value is -2.05. The number of piperidine rings is 1. The van der Waals surface area contributed by atoms with Crippen molar-refractivity contribution in [2.24, 2.45) is 7.05 Å². The summed E-state index contributed by atoms with van der Waals surface area (Å²) < 4.78 is 3.88. The van der Waals surface area contributed by atoms with Gasteiger partial charge < -0.3 is 10.2 Å². The lowest BCUT2D eigenvalue weighted by Gasteiger charge is -2.25. The fourth-order valence-electron chi connectivity index (χ4n) is 3.24. The first-order chi connectivity index (χ1) is 10.3. The number of hydrogen-bond donors (Lipinski definition) is 1. The number of hydrogen-bond acceptors (Lipinski definition) is 5. The highest BCUT2D eigenvalue weighted by Gasteiger charge is 2.27. The summed E-state index contributed by atoms with van der Waals surface area (Å²) in [5.74, 6) is 1.75. The number of aryl methyl sites for hydroxylation is 1. The molecule has 0 spiro atoms. The van der Waals surface area contributed by atoms with Gasteiger partial charge in [0.1, 0.15) is 0 Å². The van der Waals surface area contributed by atoms with Crippen molar-refractivity contribution >= 4 is 11.9 Å². The summed E-state index contributed by atoms with van der Waals surface area (Å²) in [6.07, 6.45) is 8.82. The van der Waals surface area contributed by atoms with Crippen LogP contribution in [-0.2, 0) is 7.05 Å². The molecular formula is C14H21N7. The first kappa shape index (κ1) is 12.7. The van der Waals surface area contributed by atoms with E-state index < -0.39 is 0 Å². The van der Waals surface area contributed by atoms with Gasteiger partial charge in [-0.2, -0.15) is 10.1 Å². The topological polar surface area (TPSA) is 63.8 Å². The van der Waals surface area contributed by atoms with Crippen molar-refractivity contribution < 1.29 is 0 Å². The van der Waals surface area contributed by atoms with Crippen LogP contribution in [0.4, 0.5) is 11.9 Å². The Morgan fingerprint density at radius 2 is 2.10 bits per heavy atom. The summed E-state index contributed by atoms with van der Waals surface area (Å²) >= 11 is 0. The van der Waals surface area contributed by atoms with E-state index in [4.69, 9.17) is 10.1 Å². The quantitative estimate of drug-likeness (QED) is 0.904. The van der Waals surface area contributed by atoms with Gasteiger partial charge in [0.25, 0.3) is 0 Å². The largest absolute Gasteiger partial charge is 0.354 e. The van der Waals surface area contributed by atoms with Gasteiger partial charge in [0.15, 0.2) is 0 Å².